The summed E-state index contributed by atoms with van der Waals surface area (Å²) >= 11 is 0. The van der Waals surface area contributed by atoms with Gasteiger partial charge in [0.15, 0.2) is 5.65 Å². The largest absolute Gasteiger partial charge is 0.293 e. The molecule has 1 saturated heterocycles. The standard InChI is InChI=1S/C19H23N5O2S/c1-2-27(25,26)23-13-11-22(12-14-23)15-18-21-17-9-6-10-20-19(17)24(18)16-7-4-3-5-8-16/h3-10H,2,11-15H2,1H3. The SMILES string of the molecule is CCS(=O)(=O)N1CCN(Cc2nc3cccnc3n2-c2ccccc2)CC1. The van der Waals surface area contributed by atoms with Gasteiger partial charge in [-0.2, -0.15) is 4.31 Å². The normalized spacial score (nSPS) is 16.8. The van der Waals surface area contributed by atoms with E-state index < -0.39 is 10.0 Å². The number of hydrogen-bond donors (Lipinski definition) is 0. The molecular weight excluding hydrogens is 362 g/mol. The number of benzene rings is 1. The Kier molecular flexibility index (Phi) is 4.94. The smallest absolute Gasteiger partial charge is 0.213 e. The lowest BCUT2D eigenvalue weighted by atomic mass is 10.3. The third kappa shape index (κ3) is 3.60. The Morgan fingerprint density at radius 2 is 1.74 bits per heavy atom. The summed E-state index contributed by atoms with van der Waals surface area (Å²) < 4.78 is 27.8. The summed E-state index contributed by atoms with van der Waals surface area (Å²) in [6.45, 7) is 4.80. The van der Waals surface area contributed by atoms with Crippen LogP contribution in [0.1, 0.15) is 12.7 Å². The van der Waals surface area contributed by atoms with E-state index in [-0.39, 0.29) is 5.75 Å². The van der Waals surface area contributed by atoms with Crippen LogP contribution in [-0.2, 0) is 16.6 Å². The fourth-order valence-electron chi connectivity index (χ4n) is 3.46. The quantitative estimate of drug-likeness (QED) is 0.671. The molecule has 142 valence electrons. The van der Waals surface area contributed by atoms with Crippen LogP contribution < -0.4 is 0 Å². The zero-order valence-corrected chi connectivity index (χ0v) is 16.1. The summed E-state index contributed by atoms with van der Waals surface area (Å²) in [6, 6.07) is 13.9. The second kappa shape index (κ2) is 7.38. The van der Waals surface area contributed by atoms with Crippen LogP contribution in [0.25, 0.3) is 16.9 Å². The van der Waals surface area contributed by atoms with Gasteiger partial charge in [-0.05, 0) is 31.2 Å². The molecule has 1 fully saturated rings. The van der Waals surface area contributed by atoms with Gasteiger partial charge in [0.05, 0.1) is 12.3 Å². The minimum atomic E-state index is -3.11. The highest BCUT2D eigenvalue weighted by molar-refractivity contribution is 7.89. The Labute approximate surface area is 159 Å². The number of imidazole rings is 1. The van der Waals surface area contributed by atoms with Crippen LogP contribution in [0.3, 0.4) is 0 Å². The molecule has 1 aliphatic heterocycles. The van der Waals surface area contributed by atoms with E-state index in [4.69, 9.17) is 4.98 Å². The molecule has 0 unspecified atom stereocenters. The Morgan fingerprint density at radius 1 is 1.00 bits per heavy atom. The highest BCUT2D eigenvalue weighted by atomic mass is 32.2. The van der Waals surface area contributed by atoms with Gasteiger partial charge in [-0.15, -0.1) is 0 Å². The molecule has 4 rings (SSSR count). The number of rotatable bonds is 5. The number of para-hydroxylation sites is 1. The van der Waals surface area contributed by atoms with Gasteiger partial charge in [0.25, 0.3) is 0 Å². The van der Waals surface area contributed by atoms with Crippen molar-refractivity contribution in [3.8, 4) is 5.69 Å². The maximum Gasteiger partial charge on any atom is 0.213 e. The lowest BCUT2D eigenvalue weighted by Gasteiger charge is -2.33. The second-order valence-electron chi connectivity index (χ2n) is 6.62. The van der Waals surface area contributed by atoms with E-state index in [9.17, 15) is 8.42 Å². The van der Waals surface area contributed by atoms with Crippen molar-refractivity contribution in [1.82, 2.24) is 23.7 Å². The molecule has 0 bridgehead atoms. The van der Waals surface area contributed by atoms with Crippen molar-refractivity contribution in [2.75, 3.05) is 31.9 Å². The summed E-state index contributed by atoms with van der Waals surface area (Å²) in [4.78, 5) is 11.6. The fourth-order valence-corrected chi connectivity index (χ4v) is 4.55. The van der Waals surface area contributed by atoms with E-state index in [1.165, 1.54) is 0 Å². The first kappa shape index (κ1) is 18.1. The van der Waals surface area contributed by atoms with Gasteiger partial charge in [0.2, 0.25) is 10.0 Å². The molecule has 0 spiro atoms. The first-order chi connectivity index (χ1) is 13.1. The maximum atomic E-state index is 12.1. The molecule has 0 amide bonds. The van der Waals surface area contributed by atoms with Crippen molar-refractivity contribution in [1.29, 1.82) is 0 Å². The van der Waals surface area contributed by atoms with E-state index in [0.29, 0.717) is 32.7 Å². The number of nitrogens with zero attached hydrogens (tertiary/aromatic N) is 5. The highest BCUT2D eigenvalue weighted by Crippen LogP contribution is 2.21. The van der Waals surface area contributed by atoms with Crippen LogP contribution in [0.2, 0.25) is 0 Å². The number of aromatic nitrogens is 3. The van der Waals surface area contributed by atoms with Gasteiger partial charge >= 0.3 is 0 Å². The molecule has 0 atom stereocenters. The summed E-state index contributed by atoms with van der Waals surface area (Å²) in [6.07, 6.45) is 1.78. The van der Waals surface area contributed by atoms with Crippen molar-refractivity contribution in [3.63, 3.8) is 0 Å². The van der Waals surface area contributed by atoms with Gasteiger partial charge in [-0.3, -0.25) is 9.47 Å². The first-order valence-corrected chi connectivity index (χ1v) is 10.8. The third-order valence-corrected chi connectivity index (χ3v) is 6.84. The molecule has 2 aromatic heterocycles. The van der Waals surface area contributed by atoms with Gasteiger partial charge in [0, 0.05) is 38.1 Å². The first-order valence-electron chi connectivity index (χ1n) is 9.16. The van der Waals surface area contributed by atoms with Crippen molar-refractivity contribution < 1.29 is 8.42 Å². The predicted molar refractivity (Wildman–Crippen MR) is 105 cm³/mol. The lowest BCUT2D eigenvalue weighted by molar-refractivity contribution is 0.178. The van der Waals surface area contributed by atoms with Gasteiger partial charge in [0.1, 0.15) is 11.3 Å². The third-order valence-electron chi connectivity index (χ3n) is 4.95. The summed E-state index contributed by atoms with van der Waals surface area (Å²) in [5.41, 5.74) is 2.73. The molecule has 1 aliphatic rings. The number of piperazine rings is 1. The van der Waals surface area contributed by atoms with Crippen LogP contribution >= 0.6 is 0 Å². The lowest BCUT2D eigenvalue weighted by Crippen LogP contribution is -2.48. The number of hydrogen-bond acceptors (Lipinski definition) is 5. The number of sulfonamides is 1. The molecule has 0 saturated carbocycles. The molecule has 3 heterocycles. The summed E-state index contributed by atoms with van der Waals surface area (Å²) in [7, 11) is -3.11. The molecule has 7 nitrogen and oxygen atoms in total. The van der Waals surface area contributed by atoms with E-state index in [2.05, 4.69) is 14.5 Å². The Hall–Kier alpha value is -2.29. The average Bonchev–Trinajstić information content (AvgIpc) is 3.07. The predicted octanol–water partition coefficient (Wildman–Crippen LogP) is 1.89. The zero-order chi connectivity index (χ0) is 18.9. The monoisotopic (exact) mass is 385 g/mol. The topological polar surface area (TPSA) is 71.3 Å². The zero-order valence-electron chi connectivity index (χ0n) is 15.3. The highest BCUT2D eigenvalue weighted by Gasteiger charge is 2.26. The van der Waals surface area contributed by atoms with Crippen LogP contribution in [-0.4, -0.2) is 64.1 Å². The van der Waals surface area contributed by atoms with Crippen molar-refractivity contribution >= 4 is 21.2 Å². The van der Waals surface area contributed by atoms with Crippen molar-refractivity contribution in [3.05, 3.63) is 54.5 Å². The maximum absolute atomic E-state index is 12.1. The number of pyridine rings is 1. The van der Waals surface area contributed by atoms with Gasteiger partial charge in [-0.25, -0.2) is 18.4 Å². The van der Waals surface area contributed by atoms with E-state index in [0.717, 1.165) is 22.7 Å². The minimum absolute atomic E-state index is 0.155. The van der Waals surface area contributed by atoms with Crippen LogP contribution in [0, 0.1) is 0 Å². The molecule has 8 heteroatoms. The summed E-state index contributed by atoms with van der Waals surface area (Å²) in [5.74, 6) is 1.07. The van der Waals surface area contributed by atoms with E-state index >= 15 is 0 Å². The van der Waals surface area contributed by atoms with Crippen molar-refractivity contribution in [2.24, 2.45) is 0 Å². The van der Waals surface area contributed by atoms with Crippen LogP contribution in [0.15, 0.2) is 48.7 Å². The average molecular weight is 385 g/mol. The second-order valence-corrected chi connectivity index (χ2v) is 8.88. The van der Waals surface area contributed by atoms with E-state index in [1.54, 1.807) is 17.4 Å². The molecule has 1 aromatic carbocycles. The van der Waals surface area contributed by atoms with Gasteiger partial charge in [-0.1, -0.05) is 18.2 Å². The Morgan fingerprint density at radius 3 is 2.44 bits per heavy atom. The van der Waals surface area contributed by atoms with Crippen molar-refractivity contribution in [2.45, 2.75) is 13.5 Å². The Bertz CT molecular complexity index is 1020. The number of fused-ring (bicyclic) bond motifs is 1. The minimum Gasteiger partial charge on any atom is -0.293 e. The van der Waals surface area contributed by atoms with Crippen LogP contribution in [0.4, 0.5) is 0 Å². The Balaban J connectivity index is 1.60. The van der Waals surface area contributed by atoms with Crippen LogP contribution in [0.5, 0.6) is 0 Å². The molecule has 0 N–H and O–H groups in total. The van der Waals surface area contributed by atoms with Gasteiger partial charge < -0.3 is 0 Å². The molecule has 3 aromatic rings. The molecular formula is C19H23N5O2S. The van der Waals surface area contributed by atoms with E-state index in [1.807, 2.05) is 42.5 Å². The summed E-state index contributed by atoms with van der Waals surface area (Å²) in [5, 5.41) is 0. The fraction of sp³-hybridized carbons (Fsp3) is 0.368. The molecule has 0 aliphatic carbocycles. The molecule has 27 heavy (non-hydrogen) atoms. The molecule has 0 radical (unpaired) electrons.